The first kappa shape index (κ1) is 23.1. The average molecular weight is 449 g/mol. The Morgan fingerprint density at radius 2 is 1.85 bits per heavy atom. The number of carbonyl (C=O) groups is 1. The highest BCUT2D eigenvalue weighted by Crippen LogP contribution is 2.23. The van der Waals surface area contributed by atoms with Crippen LogP contribution in [-0.2, 0) is 22.7 Å². The second-order valence-electron chi connectivity index (χ2n) is 8.62. The number of ether oxygens (including phenoxy) is 1. The maximum atomic E-state index is 13.0. The summed E-state index contributed by atoms with van der Waals surface area (Å²) in [5, 5.41) is 0.648. The molecule has 0 saturated carbocycles. The van der Waals surface area contributed by atoms with Gasteiger partial charge in [-0.15, -0.1) is 0 Å². The highest BCUT2D eigenvalue weighted by atomic mass is 16.5. The normalized spacial score (nSPS) is 17.9. The molecule has 1 fully saturated rings. The van der Waals surface area contributed by atoms with Crippen molar-refractivity contribution in [2.75, 3.05) is 26.2 Å². The lowest BCUT2D eigenvalue weighted by Gasteiger charge is -2.42. The van der Waals surface area contributed by atoms with Gasteiger partial charge in [0.25, 0.3) is 5.56 Å². The number of amides is 1. The van der Waals surface area contributed by atoms with Crippen LogP contribution < -0.4 is 5.56 Å². The van der Waals surface area contributed by atoms with E-state index >= 15 is 0 Å². The molecule has 1 saturated heterocycles. The van der Waals surface area contributed by atoms with Gasteiger partial charge in [0, 0.05) is 32.2 Å². The number of hydrogen-bond donors (Lipinski definition) is 0. The summed E-state index contributed by atoms with van der Waals surface area (Å²) < 4.78 is 7.43. The first-order valence-corrected chi connectivity index (χ1v) is 11.6. The van der Waals surface area contributed by atoms with Gasteiger partial charge >= 0.3 is 0 Å². The summed E-state index contributed by atoms with van der Waals surface area (Å²) in [6.45, 7) is 9.29. The molecule has 7 nitrogen and oxygen atoms in total. The van der Waals surface area contributed by atoms with Crippen molar-refractivity contribution in [2.45, 2.75) is 46.0 Å². The van der Waals surface area contributed by atoms with Crippen molar-refractivity contribution in [1.82, 2.24) is 19.4 Å². The summed E-state index contributed by atoms with van der Waals surface area (Å²) in [4.78, 5) is 34.8. The molecule has 33 heavy (non-hydrogen) atoms. The smallest absolute Gasteiger partial charge is 0.261 e. The number of hydrogen-bond acceptors (Lipinski definition) is 5. The standard InChI is InChI=1S/C26H32N4O3/c1-4-29-25(27-23-13-9-8-12-22(23)26(29)32)20(3)28-14-15-30(19(2)16-28)24(31)18-33-17-21-10-6-5-7-11-21/h5-13,19-20H,4,14-18H2,1-3H3. The fraction of sp³-hybridized carbons (Fsp3) is 0.423. The quantitative estimate of drug-likeness (QED) is 0.555. The molecule has 174 valence electrons. The lowest BCUT2D eigenvalue weighted by molar-refractivity contribution is -0.141. The highest BCUT2D eigenvalue weighted by Gasteiger charge is 2.31. The van der Waals surface area contributed by atoms with Crippen LogP contribution in [-0.4, -0.2) is 57.5 Å². The maximum Gasteiger partial charge on any atom is 0.261 e. The fourth-order valence-corrected chi connectivity index (χ4v) is 4.59. The molecule has 0 radical (unpaired) electrons. The zero-order valence-electron chi connectivity index (χ0n) is 19.6. The molecule has 0 N–H and O–H groups in total. The van der Waals surface area contributed by atoms with Crippen LogP contribution in [0.15, 0.2) is 59.4 Å². The molecule has 2 aromatic carbocycles. The Bertz CT molecular complexity index is 1160. The van der Waals surface area contributed by atoms with E-state index in [-0.39, 0.29) is 30.2 Å². The Labute approximate surface area is 194 Å². The molecular formula is C26H32N4O3. The van der Waals surface area contributed by atoms with Crippen LogP contribution in [0.5, 0.6) is 0 Å². The first-order valence-electron chi connectivity index (χ1n) is 11.6. The molecule has 1 aromatic heterocycles. The molecular weight excluding hydrogens is 416 g/mol. The molecule has 4 rings (SSSR count). The molecule has 1 aliphatic heterocycles. The summed E-state index contributed by atoms with van der Waals surface area (Å²) in [6, 6.07) is 17.4. The van der Waals surface area contributed by atoms with Gasteiger partial charge in [-0.05, 0) is 38.5 Å². The van der Waals surface area contributed by atoms with E-state index in [1.165, 1.54) is 0 Å². The predicted molar refractivity (Wildman–Crippen MR) is 129 cm³/mol. The molecule has 1 amide bonds. The topological polar surface area (TPSA) is 67.7 Å². The van der Waals surface area contributed by atoms with E-state index < -0.39 is 0 Å². The number of para-hydroxylation sites is 1. The van der Waals surface area contributed by atoms with Gasteiger partial charge in [-0.2, -0.15) is 0 Å². The van der Waals surface area contributed by atoms with E-state index in [1.807, 2.05) is 66.4 Å². The Kier molecular flexibility index (Phi) is 7.20. The van der Waals surface area contributed by atoms with E-state index in [0.29, 0.717) is 25.1 Å². The monoisotopic (exact) mass is 448 g/mol. The lowest BCUT2D eigenvalue weighted by Crippen LogP contribution is -2.55. The molecule has 0 spiro atoms. The van der Waals surface area contributed by atoms with Crippen molar-refractivity contribution < 1.29 is 9.53 Å². The van der Waals surface area contributed by atoms with E-state index in [9.17, 15) is 9.59 Å². The van der Waals surface area contributed by atoms with Gasteiger partial charge < -0.3 is 9.64 Å². The Morgan fingerprint density at radius 3 is 2.58 bits per heavy atom. The third-order valence-electron chi connectivity index (χ3n) is 6.45. The minimum absolute atomic E-state index is 0.00220. The molecule has 7 heteroatoms. The summed E-state index contributed by atoms with van der Waals surface area (Å²) in [6.07, 6.45) is 0. The van der Waals surface area contributed by atoms with Gasteiger partial charge in [0.15, 0.2) is 0 Å². The van der Waals surface area contributed by atoms with Gasteiger partial charge in [0.05, 0.1) is 23.6 Å². The fourth-order valence-electron chi connectivity index (χ4n) is 4.59. The maximum absolute atomic E-state index is 13.0. The zero-order valence-corrected chi connectivity index (χ0v) is 19.6. The van der Waals surface area contributed by atoms with Crippen LogP contribution in [0.3, 0.4) is 0 Å². The van der Waals surface area contributed by atoms with Gasteiger partial charge in [0.1, 0.15) is 12.4 Å². The van der Waals surface area contributed by atoms with E-state index in [1.54, 1.807) is 4.57 Å². The van der Waals surface area contributed by atoms with Crippen molar-refractivity contribution in [3.8, 4) is 0 Å². The molecule has 2 heterocycles. The lowest BCUT2D eigenvalue weighted by atomic mass is 10.1. The van der Waals surface area contributed by atoms with Gasteiger partial charge in [-0.1, -0.05) is 42.5 Å². The van der Waals surface area contributed by atoms with Crippen LogP contribution in [0.2, 0.25) is 0 Å². The largest absolute Gasteiger partial charge is 0.367 e. The van der Waals surface area contributed by atoms with Crippen LogP contribution in [0.4, 0.5) is 0 Å². The van der Waals surface area contributed by atoms with Crippen molar-refractivity contribution in [3.05, 3.63) is 76.3 Å². The van der Waals surface area contributed by atoms with Crippen molar-refractivity contribution >= 4 is 16.8 Å². The number of nitrogens with zero attached hydrogens (tertiary/aromatic N) is 4. The zero-order chi connectivity index (χ0) is 23.4. The van der Waals surface area contributed by atoms with Crippen LogP contribution >= 0.6 is 0 Å². The summed E-state index contributed by atoms with van der Waals surface area (Å²) in [7, 11) is 0. The SMILES string of the molecule is CCn1c(C(C)N2CCN(C(=O)COCc3ccccc3)C(C)C2)nc2ccccc2c1=O. The summed E-state index contributed by atoms with van der Waals surface area (Å²) in [5.41, 5.74) is 1.79. The number of aromatic nitrogens is 2. The number of benzene rings is 2. The van der Waals surface area contributed by atoms with E-state index in [2.05, 4.69) is 18.7 Å². The minimum atomic E-state index is -0.0312. The average Bonchev–Trinajstić information content (AvgIpc) is 2.84. The number of piperazine rings is 1. The summed E-state index contributed by atoms with van der Waals surface area (Å²) in [5.74, 6) is 0.791. The van der Waals surface area contributed by atoms with Gasteiger partial charge in [-0.3, -0.25) is 19.1 Å². The third kappa shape index (κ3) is 4.99. The van der Waals surface area contributed by atoms with Crippen LogP contribution in [0.1, 0.15) is 38.2 Å². The number of fused-ring (bicyclic) bond motifs is 1. The first-order chi connectivity index (χ1) is 16.0. The molecule has 2 atom stereocenters. The van der Waals surface area contributed by atoms with Gasteiger partial charge in [-0.25, -0.2) is 4.98 Å². The number of carbonyl (C=O) groups excluding carboxylic acids is 1. The minimum Gasteiger partial charge on any atom is -0.367 e. The molecule has 2 unspecified atom stereocenters. The summed E-state index contributed by atoms with van der Waals surface area (Å²) >= 11 is 0. The van der Waals surface area contributed by atoms with Gasteiger partial charge in [0.2, 0.25) is 5.91 Å². The molecule has 3 aromatic rings. The highest BCUT2D eigenvalue weighted by molar-refractivity contribution is 5.78. The molecule has 0 aliphatic carbocycles. The third-order valence-corrected chi connectivity index (χ3v) is 6.45. The molecule has 0 bridgehead atoms. The Hall–Kier alpha value is -3.03. The second kappa shape index (κ2) is 10.3. The molecule has 1 aliphatic rings. The predicted octanol–water partition coefficient (Wildman–Crippen LogP) is 3.23. The van der Waals surface area contributed by atoms with Crippen LogP contribution in [0.25, 0.3) is 10.9 Å². The van der Waals surface area contributed by atoms with E-state index in [0.717, 1.165) is 30.0 Å². The Balaban J connectivity index is 1.41. The van der Waals surface area contributed by atoms with Crippen molar-refractivity contribution in [2.24, 2.45) is 0 Å². The number of rotatable bonds is 7. The second-order valence-corrected chi connectivity index (χ2v) is 8.62. The van der Waals surface area contributed by atoms with Crippen LogP contribution in [0, 0.1) is 0 Å². The van der Waals surface area contributed by atoms with Crippen molar-refractivity contribution in [3.63, 3.8) is 0 Å². The Morgan fingerprint density at radius 1 is 1.12 bits per heavy atom. The van der Waals surface area contributed by atoms with E-state index in [4.69, 9.17) is 9.72 Å². The van der Waals surface area contributed by atoms with Crippen molar-refractivity contribution in [1.29, 1.82) is 0 Å².